The number of hydrogen-bond donors (Lipinski definition) is 3. The molecule has 0 radical (unpaired) electrons. The number of amides is 1. The van der Waals surface area contributed by atoms with Crippen LogP contribution in [0.15, 0.2) is 18.3 Å². The fraction of sp³-hybridized carbons (Fsp3) is 0.625. The minimum absolute atomic E-state index is 0.0328. The van der Waals surface area contributed by atoms with Crippen LogP contribution in [0.25, 0.3) is 0 Å². The topological polar surface area (TPSA) is 80.0 Å². The number of nitrogens with one attached hydrogen (secondary N) is 2. The molecule has 5 heteroatoms. The number of carbonyl (C=O) groups excluding carboxylic acids is 1. The highest BCUT2D eigenvalue weighted by Gasteiger charge is 2.20. The van der Waals surface area contributed by atoms with Crippen LogP contribution in [0, 0.1) is 5.92 Å². The van der Waals surface area contributed by atoms with Crippen molar-refractivity contribution in [2.45, 2.75) is 51.5 Å². The Bertz CT molecular complexity index is 446. The van der Waals surface area contributed by atoms with Gasteiger partial charge in [-0.2, -0.15) is 0 Å². The minimum atomic E-state index is -0.0328. The Kier molecular flexibility index (Phi) is 5.99. The molecule has 0 saturated heterocycles. The van der Waals surface area contributed by atoms with Gasteiger partial charge in [0.25, 0.3) is 0 Å². The summed E-state index contributed by atoms with van der Waals surface area (Å²) in [6.07, 6.45) is 8.08. The molecule has 5 nitrogen and oxygen atoms in total. The van der Waals surface area contributed by atoms with E-state index < -0.39 is 0 Å². The Balaban J connectivity index is 1.85. The maximum atomic E-state index is 11.6. The van der Waals surface area contributed by atoms with Gasteiger partial charge in [-0.05, 0) is 43.9 Å². The highest BCUT2D eigenvalue weighted by Crippen LogP contribution is 2.26. The van der Waals surface area contributed by atoms with E-state index in [4.69, 9.17) is 5.73 Å². The van der Waals surface area contributed by atoms with Crippen LogP contribution in [0.4, 0.5) is 11.5 Å². The molecule has 0 aliphatic heterocycles. The van der Waals surface area contributed by atoms with E-state index in [2.05, 4.69) is 22.5 Å². The van der Waals surface area contributed by atoms with Crippen LogP contribution in [0.3, 0.4) is 0 Å². The van der Waals surface area contributed by atoms with Gasteiger partial charge in [-0.1, -0.05) is 19.8 Å². The molecule has 0 aromatic carbocycles. The average Bonchev–Trinajstić information content (AvgIpc) is 2.49. The van der Waals surface area contributed by atoms with E-state index in [-0.39, 0.29) is 5.91 Å². The van der Waals surface area contributed by atoms with Gasteiger partial charge >= 0.3 is 0 Å². The van der Waals surface area contributed by atoms with Crippen LogP contribution in [-0.4, -0.2) is 23.5 Å². The molecule has 1 aliphatic carbocycles. The maximum absolute atomic E-state index is 11.6. The van der Waals surface area contributed by atoms with Gasteiger partial charge in [0.2, 0.25) is 5.91 Å². The number of anilines is 2. The fourth-order valence-corrected chi connectivity index (χ4v) is 2.77. The quantitative estimate of drug-likeness (QED) is 0.752. The normalized spacial score (nSPS) is 21.8. The Morgan fingerprint density at radius 2 is 2.19 bits per heavy atom. The monoisotopic (exact) mass is 290 g/mol. The van der Waals surface area contributed by atoms with Crippen molar-refractivity contribution in [1.82, 2.24) is 4.98 Å². The van der Waals surface area contributed by atoms with Crippen LogP contribution in [0.5, 0.6) is 0 Å². The lowest BCUT2D eigenvalue weighted by atomic mass is 9.86. The molecule has 21 heavy (non-hydrogen) atoms. The lowest BCUT2D eigenvalue weighted by Crippen LogP contribution is -2.30. The summed E-state index contributed by atoms with van der Waals surface area (Å²) in [7, 11) is 0. The third-order valence-corrected chi connectivity index (χ3v) is 4.10. The number of nitrogens with two attached hydrogens (primary N) is 1. The lowest BCUT2D eigenvalue weighted by Gasteiger charge is -2.30. The molecule has 1 fully saturated rings. The number of hydrogen-bond acceptors (Lipinski definition) is 4. The zero-order valence-corrected chi connectivity index (χ0v) is 12.8. The van der Waals surface area contributed by atoms with E-state index in [0.717, 1.165) is 5.69 Å². The summed E-state index contributed by atoms with van der Waals surface area (Å²) >= 11 is 0. The zero-order chi connectivity index (χ0) is 15.1. The number of rotatable bonds is 6. The number of aromatic nitrogens is 1. The Labute approximate surface area is 126 Å². The van der Waals surface area contributed by atoms with Crippen LogP contribution in [0.2, 0.25) is 0 Å². The first-order valence-electron chi connectivity index (χ1n) is 7.91. The van der Waals surface area contributed by atoms with Gasteiger partial charge < -0.3 is 16.4 Å². The van der Waals surface area contributed by atoms with E-state index in [9.17, 15) is 4.79 Å². The maximum Gasteiger partial charge on any atom is 0.225 e. The summed E-state index contributed by atoms with van der Waals surface area (Å²) < 4.78 is 0. The molecule has 1 aromatic rings. The van der Waals surface area contributed by atoms with Gasteiger partial charge in [0, 0.05) is 12.5 Å². The van der Waals surface area contributed by atoms with Gasteiger partial charge in [-0.25, -0.2) is 4.98 Å². The van der Waals surface area contributed by atoms with Crippen molar-refractivity contribution in [1.29, 1.82) is 0 Å². The molecule has 2 atom stereocenters. The first-order valence-corrected chi connectivity index (χ1v) is 7.91. The number of carbonyl (C=O) groups is 1. The van der Waals surface area contributed by atoms with Crippen molar-refractivity contribution in [2.75, 3.05) is 17.2 Å². The van der Waals surface area contributed by atoms with E-state index in [1.165, 1.54) is 25.7 Å². The van der Waals surface area contributed by atoms with Crippen molar-refractivity contribution in [2.24, 2.45) is 11.7 Å². The molecule has 1 heterocycles. The molecule has 0 spiro atoms. The van der Waals surface area contributed by atoms with Gasteiger partial charge in [-0.15, -0.1) is 0 Å². The van der Waals surface area contributed by atoms with Crippen LogP contribution in [0.1, 0.15) is 45.4 Å². The summed E-state index contributed by atoms with van der Waals surface area (Å²) in [5, 5.41) is 6.34. The molecule has 4 N–H and O–H groups in total. The molecule has 1 aliphatic rings. The van der Waals surface area contributed by atoms with E-state index in [0.29, 0.717) is 37.2 Å². The predicted octanol–water partition coefficient (Wildman–Crippen LogP) is 2.75. The van der Waals surface area contributed by atoms with Gasteiger partial charge in [0.15, 0.2) is 0 Å². The van der Waals surface area contributed by atoms with Crippen LogP contribution in [-0.2, 0) is 4.79 Å². The van der Waals surface area contributed by atoms with Gasteiger partial charge in [0.05, 0.1) is 11.9 Å². The Hall–Kier alpha value is -1.62. The molecular weight excluding hydrogens is 264 g/mol. The molecular formula is C16H26N4O. The average molecular weight is 290 g/mol. The number of pyridine rings is 1. The second kappa shape index (κ2) is 7.98. The Morgan fingerprint density at radius 1 is 1.38 bits per heavy atom. The third-order valence-electron chi connectivity index (χ3n) is 4.10. The summed E-state index contributed by atoms with van der Waals surface area (Å²) in [6, 6.07) is 4.36. The highest BCUT2D eigenvalue weighted by molar-refractivity contribution is 5.89. The van der Waals surface area contributed by atoms with Crippen molar-refractivity contribution in [3.05, 3.63) is 18.3 Å². The molecule has 1 aromatic heterocycles. The van der Waals surface area contributed by atoms with E-state index in [1.54, 1.807) is 6.20 Å². The van der Waals surface area contributed by atoms with Crippen LogP contribution >= 0.6 is 0 Å². The molecule has 1 amide bonds. The second-order valence-electron chi connectivity index (χ2n) is 5.89. The third kappa shape index (κ3) is 5.01. The first kappa shape index (κ1) is 15.8. The van der Waals surface area contributed by atoms with Crippen molar-refractivity contribution >= 4 is 17.4 Å². The smallest absolute Gasteiger partial charge is 0.225 e. The largest absolute Gasteiger partial charge is 0.381 e. The molecule has 0 bridgehead atoms. The zero-order valence-electron chi connectivity index (χ0n) is 12.8. The Morgan fingerprint density at radius 3 is 2.86 bits per heavy atom. The lowest BCUT2D eigenvalue weighted by molar-refractivity contribution is -0.116. The van der Waals surface area contributed by atoms with Gasteiger partial charge in [-0.3, -0.25) is 4.79 Å². The number of nitrogens with zero attached hydrogens (tertiary/aromatic N) is 1. The summed E-state index contributed by atoms with van der Waals surface area (Å²) in [5.74, 6) is 1.27. The van der Waals surface area contributed by atoms with Crippen molar-refractivity contribution in [3.8, 4) is 0 Å². The molecule has 2 unspecified atom stereocenters. The minimum Gasteiger partial charge on any atom is -0.381 e. The SMILES string of the molecule is CC1CCCCC1Nc1ccc(NC(=O)CCCN)nc1. The predicted molar refractivity (Wildman–Crippen MR) is 86.2 cm³/mol. The van der Waals surface area contributed by atoms with Crippen molar-refractivity contribution < 1.29 is 4.79 Å². The summed E-state index contributed by atoms with van der Waals surface area (Å²) in [6.45, 7) is 2.83. The fourth-order valence-electron chi connectivity index (χ4n) is 2.77. The molecule has 2 rings (SSSR count). The first-order chi connectivity index (χ1) is 10.2. The second-order valence-corrected chi connectivity index (χ2v) is 5.89. The molecule has 1 saturated carbocycles. The summed E-state index contributed by atoms with van der Waals surface area (Å²) in [4.78, 5) is 15.9. The van der Waals surface area contributed by atoms with E-state index >= 15 is 0 Å². The van der Waals surface area contributed by atoms with E-state index in [1.807, 2.05) is 12.1 Å². The molecule has 116 valence electrons. The standard InChI is InChI=1S/C16H26N4O/c1-12-5-2-3-6-14(12)19-13-8-9-15(18-11-13)20-16(21)7-4-10-17/h8-9,11-12,14,19H,2-7,10,17H2,1H3,(H,18,20,21). The van der Waals surface area contributed by atoms with Crippen LogP contribution < -0.4 is 16.4 Å². The summed E-state index contributed by atoms with van der Waals surface area (Å²) in [5.41, 5.74) is 6.41. The highest BCUT2D eigenvalue weighted by atomic mass is 16.1. The van der Waals surface area contributed by atoms with Crippen molar-refractivity contribution in [3.63, 3.8) is 0 Å². The van der Waals surface area contributed by atoms with Gasteiger partial charge in [0.1, 0.15) is 5.82 Å².